The number of esters is 1. The van der Waals surface area contributed by atoms with E-state index in [1.807, 2.05) is 6.07 Å². The highest BCUT2D eigenvalue weighted by atomic mass is 32.2. The zero-order chi connectivity index (χ0) is 24.6. The van der Waals surface area contributed by atoms with Gasteiger partial charge >= 0.3 is 12.0 Å². The number of rotatable bonds is 8. The molecular formula is C24H23N3O6S. The van der Waals surface area contributed by atoms with E-state index in [0.717, 1.165) is 11.6 Å². The number of hydrogen-bond acceptors (Lipinski definition) is 6. The summed E-state index contributed by atoms with van der Waals surface area (Å²) in [6, 6.07) is 21.6. The Kier molecular flexibility index (Phi) is 8.12. The van der Waals surface area contributed by atoms with Gasteiger partial charge in [0.25, 0.3) is 5.91 Å². The van der Waals surface area contributed by atoms with Crippen LogP contribution in [0.1, 0.15) is 27.6 Å². The molecule has 0 saturated carbocycles. The minimum absolute atomic E-state index is 0.0729. The number of urea groups is 1. The summed E-state index contributed by atoms with van der Waals surface area (Å²) in [6.45, 7) is 0.0770. The fourth-order valence-corrected chi connectivity index (χ4v) is 4.03. The molecule has 0 saturated heterocycles. The molecular weight excluding hydrogens is 458 g/mol. The van der Waals surface area contributed by atoms with Gasteiger partial charge in [0.15, 0.2) is 0 Å². The number of ether oxygens (including phenoxy) is 1. The summed E-state index contributed by atoms with van der Waals surface area (Å²) in [5.41, 5.74) is 1.04. The Hall–Kier alpha value is -4.02. The van der Waals surface area contributed by atoms with E-state index in [1.165, 1.54) is 25.2 Å². The van der Waals surface area contributed by atoms with E-state index in [2.05, 4.69) is 15.4 Å². The van der Waals surface area contributed by atoms with E-state index in [4.69, 9.17) is 4.74 Å². The summed E-state index contributed by atoms with van der Waals surface area (Å²) < 4.78 is 33.3. The number of carbonyl (C=O) groups excluding carboxylic acids is 3. The van der Waals surface area contributed by atoms with Gasteiger partial charge in [-0.25, -0.2) is 22.7 Å². The van der Waals surface area contributed by atoms with Crippen molar-refractivity contribution < 1.29 is 27.5 Å². The minimum Gasteiger partial charge on any atom is -0.444 e. The molecule has 0 aliphatic rings. The highest BCUT2D eigenvalue weighted by Gasteiger charge is 2.27. The topological polar surface area (TPSA) is 131 Å². The molecule has 10 heteroatoms. The van der Waals surface area contributed by atoms with Crippen LogP contribution in [0.5, 0.6) is 0 Å². The van der Waals surface area contributed by atoms with Crippen molar-refractivity contribution >= 4 is 27.9 Å². The molecule has 3 N–H and O–H groups in total. The van der Waals surface area contributed by atoms with Crippen molar-refractivity contribution in [1.29, 1.82) is 0 Å². The molecule has 0 unspecified atom stereocenters. The summed E-state index contributed by atoms with van der Waals surface area (Å²) in [7, 11) is -2.58. The number of amides is 3. The molecule has 0 fully saturated rings. The predicted octanol–water partition coefficient (Wildman–Crippen LogP) is 2.52. The zero-order valence-electron chi connectivity index (χ0n) is 18.2. The fraction of sp³-hybridized carbons (Fsp3) is 0.125. The van der Waals surface area contributed by atoms with Gasteiger partial charge in [0.1, 0.15) is 0 Å². The maximum absolute atomic E-state index is 12.8. The average Bonchev–Trinajstić information content (AvgIpc) is 2.87. The second-order valence-electron chi connectivity index (χ2n) is 7.10. The first-order chi connectivity index (χ1) is 16.3. The smallest absolute Gasteiger partial charge is 0.339 e. The van der Waals surface area contributed by atoms with Crippen molar-refractivity contribution in [2.24, 2.45) is 0 Å². The number of imide groups is 1. The Balaban J connectivity index is 1.79. The average molecular weight is 482 g/mol. The van der Waals surface area contributed by atoms with Crippen LogP contribution in [0.4, 0.5) is 4.79 Å². The van der Waals surface area contributed by atoms with Crippen molar-refractivity contribution in [2.45, 2.75) is 17.5 Å². The number of nitrogens with one attached hydrogen (secondary N) is 3. The summed E-state index contributed by atoms with van der Waals surface area (Å²) >= 11 is 0. The lowest BCUT2D eigenvalue weighted by molar-refractivity contribution is -0.129. The van der Waals surface area contributed by atoms with Crippen LogP contribution in [-0.2, 0) is 26.1 Å². The zero-order valence-corrected chi connectivity index (χ0v) is 19.0. The molecule has 0 bridgehead atoms. The third kappa shape index (κ3) is 6.50. The van der Waals surface area contributed by atoms with E-state index in [9.17, 15) is 22.8 Å². The highest BCUT2D eigenvalue weighted by Crippen LogP contribution is 2.21. The van der Waals surface area contributed by atoms with Crippen LogP contribution in [0.15, 0.2) is 89.8 Å². The fourth-order valence-electron chi connectivity index (χ4n) is 2.96. The Morgan fingerprint density at radius 2 is 1.53 bits per heavy atom. The summed E-state index contributed by atoms with van der Waals surface area (Å²) in [6.07, 6.45) is -1.43. The van der Waals surface area contributed by atoms with Crippen LogP contribution >= 0.6 is 0 Å². The minimum atomic E-state index is -3.92. The molecule has 0 spiro atoms. The molecule has 9 nitrogen and oxygen atoms in total. The van der Waals surface area contributed by atoms with Gasteiger partial charge in [-0.1, -0.05) is 66.7 Å². The number of hydrogen-bond donors (Lipinski definition) is 3. The molecule has 0 aromatic heterocycles. The van der Waals surface area contributed by atoms with Crippen molar-refractivity contribution in [2.75, 3.05) is 7.05 Å². The third-order valence-corrected chi connectivity index (χ3v) is 6.12. The second-order valence-corrected chi connectivity index (χ2v) is 8.87. The Bertz CT molecular complexity index is 1260. The largest absolute Gasteiger partial charge is 0.444 e. The molecule has 1 atom stereocenters. The number of carbonyl (C=O) groups is 3. The van der Waals surface area contributed by atoms with Crippen molar-refractivity contribution in [3.63, 3.8) is 0 Å². The summed E-state index contributed by atoms with van der Waals surface area (Å²) in [5, 5.41) is 4.33. The van der Waals surface area contributed by atoms with Gasteiger partial charge in [-0.15, -0.1) is 0 Å². The van der Waals surface area contributed by atoms with E-state index >= 15 is 0 Å². The van der Waals surface area contributed by atoms with Crippen molar-refractivity contribution in [3.8, 4) is 0 Å². The Morgan fingerprint density at radius 1 is 0.882 bits per heavy atom. The van der Waals surface area contributed by atoms with Gasteiger partial charge < -0.3 is 10.1 Å². The highest BCUT2D eigenvalue weighted by molar-refractivity contribution is 7.89. The van der Waals surface area contributed by atoms with Crippen LogP contribution < -0.4 is 15.4 Å². The predicted molar refractivity (Wildman–Crippen MR) is 124 cm³/mol. The van der Waals surface area contributed by atoms with Gasteiger partial charge in [-0.05, 0) is 23.8 Å². The first kappa shape index (κ1) is 24.6. The van der Waals surface area contributed by atoms with Crippen molar-refractivity contribution in [3.05, 3.63) is 102 Å². The van der Waals surface area contributed by atoms with E-state index in [0.29, 0.717) is 5.56 Å². The molecule has 3 rings (SSSR count). The molecule has 34 heavy (non-hydrogen) atoms. The molecule has 0 aliphatic heterocycles. The third-order valence-electron chi connectivity index (χ3n) is 4.72. The van der Waals surface area contributed by atoms with Gasteiger partial charge in [0.05, 0.1) is 10.5 Å². The maximum Gasteiger partial charge on any atom is 0.339 e. The van der Waals surface area contributed by atoms with E-state index < -0.39 is 34.0 Å². The van der Waals surface area contributed by atoms with Crippen LogP contribution in [-0.4, -0.2) is 33.4 Å². The molecule has 3 amide bonds. The van der Waals surface area contributed by atoms with Crippen LogP contribution in [0.2, 0.25) is 0 Å². The monoisotopic (exact) mass is 481 g/mol. The van der Waals surface area contributed by atoms with Gasteiger partial charge in [0, 0.05) is 19.2 Å². The SMILES string of the molecule is CNC(=O)NC(=O)[C@H](OC(=O)c1cccc(S(=O)(=O)NCc2ccccc2)c1)c1ccccc1. The number of sulfonamides is 1. The van der Waals surface area contributed by atoms with Crippen LogP contribution in [0, 0.1) is 0 Å². The normalized spacial score (nSPS) is 11.8. The van der Waals surface area contributed by atoms with Gasteiger partial charge in [0.2, 0.25) is 16.1 Å². The standard InChI is InChI=1S/C24H23N3O6S/c1-25-24(30)27-22(28)21(18-11-6-3-7-12-18)33-23(29)19-13-8-14-20(15-19)34(31,32)26-16-17-9-4-2-5-10-17/h2-15,21,26H,16H2,1H3,(H2,25,27,28,30)/t21-/m1/s1. The second kappa shape index (κ2) is 11.2. The van der Waals surface area contributed by atoms with Crippen molar-refractivity contribution in [1.82, 2.24) is 15.4 Å². The molecule has 0 aliphatic carbocycles. The van der Waals surface area contributed by atoms with Crippen LogP contribution in [0.25, 0.3) is 0 Å². The Labute approximate surface area is 197 Å². The van der Waals surface area contributed by atoms with Gasteiger partial charge in [-0.3, -0.25) is 10.1 Å². The van der Waals surface area contributed by atoms with Crippen LogP contribution in [0.3, 0.4) is 0 Å². The van der Waals surface area contributed by atoms with E-state index in [1.54, 1.807) is 54.6 Å². The lowest BCUT2D eigenvalue weighted by Gasteiger charge is -2.17. The Morgan fingerprint density at radius 3 is 2.18 bits per heavy atom. The lowest BCUT2D eigenvalue weighted by atomic mass is 10.1. The molecule has 3 aromatic carbocycles. The first-order valence-electron chi connectivity index (χ1n) is 10.2. The molecule has 3 aromatic rings. The summed E-state index contributed by atoms with van der Waals surface area (Å²) in [5.74, 6) is -1.78. The lowest BCUT2D eigenvalue weighted by Crippen LogP contribution is -2.41. The molecule has 176 valence electrons. The molecule has 0 heterocycles. The first-order valence-corrected chi connectivity index (χ1v) is 11.7. The number of benzene rings is 3. The van der Waals surface area contributed by atoms with E-state index in [-0.39, 0.29) is 17.0 Å². The quantitative estimate of drug-likeness (QED) is 0.424. The molecule has 0 radical (unpaired) electrons. The van der Waals surface area contributed by atoms with Gasteiger partial charge in [-0.2, -0.15) is 0 Å². The maximum atomic E-state index is 12.8. The summed E-state index contributed by atoms with van der Waals surface area (Å²) in [4.78, 5) is 36.8.